The lowest BCUT2D eigenvalue weighted by molar-refractivity contribution is 0.0393. The largest absolute Gasteiger partial charge is 0.378 e. The molecule has 1 saturated heterocycles. The van der Waals surface area contributed by atoms with E-state index in [1.807, 2.05) is 55.5 Å². The monoisotopic (exact) mass is 388 g/mol. The topological polar surface area (TPSA) is 75.7 Å². The molecule has 2 aromatic carbocycles. The second-order valence-electron chi connectivity index (χ2n) is 6.55. The molecule has 1 atom stereocenters. The number of ether oxygens (including phenoxy) is 1. The van der Waals surface area contributed by atoms with E-state index in [0.717, 1.165) is 11.1 Å². The van der Waals surface area contributed by atoms with E-state index in [1.54, 1.807) is 6.07 Å². The van der Waals surface area contributed by atoms with Crippen molar-refractivity contribution in [3.05, 3.63) is 60.2 Å². The summed E-state index contributed by atoms with van der Waals surface area (Å²) in [7, 11) is -3.42. The maximum absolute atomic E-state index is 12.5. The van der Waals surface area contributed by atoms with Crippen LogP contribution in [-0.2, 0) is 14.8 Å². The van der Waals surface area contributed by atoms with Crippen LogP contribution in [0, 0.1) is 0 Å². The molecule has 0 aliphatic carbocycles. The lowest BCUT2D eigenvalue weighted by Crippen LogP contribution is -2.49. The van der Waals surface area contributed by atoms with Gasteiger partial charge < -0.3 is 10.1 Å². The second kappa shape index (κ2) is 8.65. The average Bonchev–Trinajstić information content (AvgIpc) is 2.69. The van der Waals surface area contributed by atoms with Gasteiger partial charge in [-0.3, -0.25) is 4.79 Å². The number of nitrogens with zero attached hydrogens (tertiary/aromatic N) is 1. The zero-order valence-electron chi connectivity index (χ0n) is 15.3. The molecule has 1 unspecified atom stereocenters. The third-order valence-electron chi connectivity index (χ3n) is 4.54. The number of hydrogen-bond donors (Lipinski definition) is 1. The molecule has 144 valence electrons. The normalized spacial score (nSPS) is 18.2. The highest BCUT2D eigenvalue weighted by Crippen LogP contribution is 2.20. The molecular formula is C20H24N2O4S. The van der Waals surface area contributed by atoms with Gasteiger partial charge in [-0.15, -0.1) is 0 Å². The van der Waals surface area contributed by atoms with E-state index in [1.165, 1.54) is 4.31 Å². The van der Waals surface area contributed by atoms with E-state index in [-0.39, 0.29) is 24.2 Å². The van der Waals surface area contributed by atoms with E-state index in [0.29, 0.717) is 25.3 Å². The zero-order chi connectivity index (χ0) is 19.3. The summed E-state index contributed by atoms with van der Waals surface area (Å²) in [4.78, 5) is 12.4. The van der Waals surface area contributed by atoms with Gasteiger partial charge in [0.2, 0.25) is 10.0 Å². The van der Waals surface area contributed by atoms with E-state index in [2.05, 4.69) is 5.32 Å². The quantitative estimate of drug-likeness (QED) is 0.823. The zero-order valence-corrected chi connectivity index (χ0v) is 16.1. The molecule has 0 aromatic heterocycles. The van der Waals surface area contributed by atoms with Gasteiger partial charge in [-0.1, -0.05) is 42.5 Å². The van der Waals surface area contributed by atoms with Gasteiger partial charge in [0.1, 0.15) is 0 Å². The van der Waals surface area contributed by atoms with Crippen LogP contribution in [0.2, 0.25) is 0 Å². The maximum atomic E-state index is 12.5. The molecule has 27 heavy (non-hydrogen) atoms. The van der Waals surface area contributed by atoms with Crippen molar-refractivity contribution in [1.29, 1.82) is 0 Å². The summed E-state index contributed by atoms with van der Waals surface area (Å²) in [5.41, 5.74) is 2.47. The molecule has 1 aliphatic rings. The Balaban J connectivity index is 1.60. The number of sulfonamides is 1. The first-order valence-corrected chi connectivity index (χ1v) is 10.6. The molecular weight excluding hydrogens is 364 g/mol. The van der Waals surface area contributed by atoms with E-state index < -0.39 is 10.0 Å². The second-order valence-corrected chi connectivity index (χ2v) is 8.59. The molecule has 1 heterocycles. The molecule has 3 rings (SSSR count). The number of benzene rings is 2. The molecule has 7 heteroatoms. The Morgan fingerprint density at radius 1 is 1.15 bits per heavy atom. The first-order chi connectivity index (χ1) is 13.0. The van der Waals surface area contributed by atoms with E-state index in [4.69, 9.17) is 4.74 Å². The first kappa shape index (κ1) is 19.5. The van der Waals surface area contributed by atoms with Crippen LogP contribution >= 0.6 is 0 Å². The van der Waals surface area contributed by atoms with Crippen LogP contribution < -0.4 is 5.32 Å². The van der Waals surface area contributed by atoms with Gasteiger partial charge >= 0.3 is 0 Å². The third kappa shape index (κ3) is 4.94. The first-order valence-electron chi connectivity index (χ1n) is 8.98. The summed E-state index contributed by atoms with van der Waals surface area (Å²) in [5, 5.41) is 2.71. The summed E-state index contributed by atoms with van der Waals surface area (Å²) >= 11 is 0. The van der Waals surface area contributed by atoms with Crippen LogP contribution in [0.4, 0.5) is 0 Å². The van der Waals surface area contributed by atoms with E-state index in [9.17, 15) is 13.2 Å². The number of morpholine rings is 1. The van der Waals surface area contributed by atoms with Crippen LogP contribution in [-0.4, -0.2) is 56.7 Å². The van der Waals surface area contributed by atoms with Crippen molar-refractivity contribution >= 4 is 15.9 Å². The molecule has 1 N–H and O–H groups in total. The van der Waals surface area contributed by atoms with Crippen LogP contribution in [0.3, 0.4) is 0 Å². The Bertz CT molecular complexity index is 884. The van der Waals surface area contributed by atoms with Crippen molar-refractivity contribution in [3.63, 3.8) is 0 Å². The highest BCUT2D eigenvalue weighted by molar-refractivity contribution is 7.89. The Hall–Kier alpha value is -2.22. The lowest BCUT2D eigenvalue weighted by atomic mass is 10.0. The molecule has 6 nitrogen and oxygen atoms in total. The molecule has 0 saturated carbocycles. The standard InChI is InChI=1S/C20H24N2O4S/c1-16-15-26-12-11-22(16)27(24,25)13-10-21-20(23)19-9-5-8-18(14-19)17-6-3-2-4-7-17/h2-9,14,16H,10-13,15H2,1H3,(H,21,23). The Labute approximate surface area is 160 Å². The highest BCUT2D eigenvalue weighted by atomic mass is 32.2. The number of hydrogen-bond acceptors (Lipinski definition) is 4. The van der Waals surface area contributed by atoms with Crippen molar-refractivity contribution in [2.75, 3.05) is 32.1 Å². The van der Waals surface area contributed by atoms with E-state index >= 15 is 0 Å². The van der Waals surface area contributed by atoms with Gasteiger partial charge in [-0.2, -0.15) is 4.31 Å². The Kier molecular flexibility index (Phi) is 6.26. The summed E-state index contributed by atoms with van der Waals surface area (Å²) in [6.07, 6.45) is 0. The molecule has 0 radical (unpaired) electrons. The third-order valence-corrected chi connectivity index (χ3v) is 6.52. The fourth-order valence-electron chi connectivity index (χ4n) is 3.11. The van der Waals surface area contributed by atoms with Crippen molar-refractivity contribution in [2.24, 2.45) is 0 Å². The Morgan fingerprint density at radius 2 is 1.89 bits per heavy atom. The smallest absolute Gasteiger partial charge is 0.251 e. The number of rotatable bonds is 6. The molecule has 1 fully saturated rings. The van der Waals surface area contributed by atoms with Crippen LogP contribution in [0.25, 0.3) is 11.1 Å². The van der Waals surface area contributed by atoms with Crippen LogP contribution in [0.15, 0.2) is 54.6 Å². The predicted octanol–water partition coefficient (Wildman–Crippen LogP) is 2.13. The minimum absolute atomic E-state index is 0.0702. The van der Waals surface area contributed by atoms with Gasteiger partial charge in [0.15, 0.2) is 0 Å². The van der Waals surface area contributed by atoms with Gasteiger partial charge in [0.05, 0.1) is 19.0 Å². The SMILES string of the molecule is CC1COCCN1S(=O)(=O)CCNC(=O)c1cccc(-c2ccccc2)c1. The van der Waals surface area contributed by atoms with Gasteiger partial charge in [-0.25, -0.2) is 8.42 Å². The predicted molar refractivity (Wildman–Crippen MR) is 105 cm³/mol. The summed E-state index contributed by atoms with van der Waals surface area (Å²) in [5.74, 6) is -0.403. The molecule has 1 aliphatic heterocycles. The van der Waals surface area contributed by atoms with Crippen LogP contribution in [0.5, 0.6) is 0 Å². The molecule has 1 amide bonds. The van der Waals surface area contributed by atoms with Crippen LogP contribution in [0.1, 0.15) is 17.3 Å². The highest BCUT2D eigenvalue weighted by Gasteiger charge is 2.29. The van der Waals surface area contributed by atoms with Crippen molar-refractivity contribution in [1.82, 2.24) is 9.62 Å². The number of carbonyl (C=O) groups excluding carboxylic acids is 1. The van der Waals surface area contributed by atoms with Gasteiger partial charge in [-0.05, 0) is 30.2 Å². The number of nitrogens with one attached hydrogen (secondary N) is 1. The summed E-state index contributed by atoms with van der Waals surface area (Å²) in [6, 6.07) is 16.9. The van der Waals surface area contributed by atoms with Crippen molar-refractivity contribution < 1.29 is 17.9 Å². The summed E-state index contributed by atoms with van der Waals surface area (Å²) < 4.78 is 31.7. The fraction of sp³-hybridized carbons (Fsp3) is 0.350. The minimum Gasteiger partial charge on any atom is -0.378 e. The van der Waals surface area contributed by atoms with Crippen molar-refractivity contribution in [2.45, 2.75) is 13.0 Å². The lowest BCUT2D eigenvalue weighted by Gasteiger charge is -2.32. The van der Waals surface area contributed by atoms with Crippen molar-refractivity contribution in [3.8, 4) is 11.1 Å². The number of carbonyl (C=O) groups is 1. The van der Waals surface area contributed by atoms with Gasteiger partial charge in [0, 0.05) is 24.7 Å². The fourth-order valence-corrected chi connectivity index (χ4v) is 4.67. The average molecular weight is 388 g/mol. The Morgan fingerprint density at radius 3 is 2.63 bits per heavy atom. The maximum Gasteiger partial charge on any atom is 0.251 e. The molecule has 2 aromatic rings. The molecule has 0 spiro atoms. The summed E-state index contributed by atoms with van der Waals surface area (Å²) in [6.45, 7) is 3.06. The minimum atomic E-state index is -3.42. The number of amides is 1. The van der Waals surface area contributed by atoms with Gasteiger partial charge in [0.25, 0.3) is 5.91 Å². The molecule has 0 bridgehead atoms.